The van der Waals surface area contributed by atoms with Gasteiger partial charge in [-0.2, -0.15) is 0 Å². The lowest BCUT2D eigenvalue weighted by Crippen LogP contribution is -2.16. The van der Waals surface area contributed by atoms with Crippen LogP contribution >= 0.6 is 11.8 Å². The molecule has 0 aliphatic rings. The summed E-state index contributed by atoms with van der Waals surface area (Å²) in [5.74, 6) is 0.436. The minimum absolute atomic E-state index is 0.144. The van der Waals surface area contributed by atoms with Gasteiger partial charge < -0.3 is 5.32 Å². The van der Waals surface area contributed by atoms with Gasteiger partial charge in [-0.15, -0.1) is 11.8 Å². The van der Waals surface area contributed by atoms with Crippen LogP contribution in [0, 0.1) is 12.7 Å². The van der Waals surface area contributed by atoms with Crippen LogP contribution in [0.2, 0.25) is 0 Å². The van der Waals surface area contributed by atoms with Crippen molar-refractivity contribution in [2.75, 3.05) is 11.1 Å². The molecule has 2 heterocycles. The third kappa shape index (κ3) is 3.77. The number of carbonyl (C=O) groups is 1. The molecule has 4 nitrogen and oxygen atoms in total. The molecule has 0 radical (unpaired) electrons. The molecule has 0 aliphatic carbocycles. The molecular formula is C22H18FN3OS. The number of halogens is 1. The number of rotatable bonds is 5. The highest BCUT2D eigenvalue weighted by Crippen LogP contribution is 2.30. The number of aromatic nitrogens is 2. The number of aryl methyl sites for hydroxylation is 1. The molecule has 0 saturated carbocycles. The number of thioether (sulfide) groups is 1. The van der Waals surface area contributed by atoms with E-state index in [4.69, 9.17) is 4.98 Å². The fraction of sp³-hybridized carbons (Fsp3) is 0.0909. The molecule has 2 aromatic heterocycles. The first kappa shape index (κ1) is 18.3. The van der Waals surface area contributed by atoms with Crippen molar-refractivity contribution >= 4 is 29.1 Å². The Hall–Kier alpha value is -3.12. The third-order valence-electron chi connectivity index (χ3n) is 4.33. The molecule has 4 aromatic rings. The van der Waals surface area contributed by atoms with Crippen molar-refractivity contribution in [2.24, 2.45) is 0 Å². The van der Waals surface area contributed by atoms with Gasteiger partial charge in [-0.05, 0) is 42.8 Å². The molecule has 28 heavy (non-hydrogen) atoms. The Labute approximate surface area is 166 Å². The number of nitrogens with one attached hydrogen (secondary N) is 1. The maximum atomic E-state index is 13.0. The predicted molar refractivity (Wildman–Crippen MR) is 111 cm³/mol. The number of carbonyl (C=O) groups excluding carboxylic acids is 1. The van der Waals surface area contributed by atoms with Crippen molar-refractivity contribution in [3.63, 3.8) is 0 Å². The zero-order valence-corrected chi connectivity index (χ0v) is 16.0. The van der Waals surface area contributed by atoms with Gasteiger partial charge in [-0.25, -0.2) is 9.37 Å². The van der Waals surface area contributed by atoms with Crippen LogP contribution in [0.3, 0.4) is 0 Å². The molecule has 0 saturated heterocycles. The summed E-state index contributed by atoms with van der Waals surface area (Å²) >= 11 is 1.36. The van der Waals surface area contributed by atoms with Crippen molar-refractivity contribution in [3.05, 3.63) is 84.3 Å². The molecule has 4 rings (SSSR count). The lowest BCUT2D eigenvalue weighted by Gasteiger charge is -2.08. The van der Waals surface area contributed by atoms with Crippen molar-refractivity contribution in [1.29, 1.82) is 0 Å². The molecular weight excluding hydrogens is 373 g/mol. The van der Waals surface area contributed by atoms with E-state index >= 15 is 0 Å². The Kier molecular flexibility index (Phi) is 5.12. The number of amides is 1. The largest absolute Gasteiger partial charge is 0.309 e. The van der Waals surface area contributed by atoms with E-state index in [1.807, 2.05) is 60.0 Å². The molecule has 0 fully saturated rings. The van der Waals surface area contributed by atoms with E-state index in [1.165, 1.54) is 23.9 Å². The molecule has 0 aliphatic heterocycles. The van der Waals surface area contributed by atoms with E-state index in [9.17, 15) is 9.18 Å². The minimum atomic E-state index is -0.289. The van der Waals surface area contributed by atoms with Crippen molar-refractivity contribution < 1.29 is 9.18 Å². The average Bonchev–Trinajstić information content (AvgIpc) is 3.08. The zero-order valence-electron chi connectivity index (χ0n) is 15.2. The Morgan fingerprint density at radius 1 is 1.07 bits per heavy atom. The second kappa shape index (κ2) is 7.86. The summed E-state index contributed by atoms with van der Waals surface area (Å²) in [6, 6.07) is 19.8. The van der Waals surface area contributed by atoms with Crippen LogP contribution in [0.4, 0.5) is 10.2 Å². The summed E-state index contributed by atoms with van der Waals surface area (Å²) < 4.78 is 14.9. The molecule has 1 N–H and O–H groups in total. The maximum Gasteiger partial charge on any atom is 0.235 e. The second-order valence-corrected chi connectivity index (χ2v) is 7.40. The quantitative estimate of drug-likeness (QED) is 0.477. The maximum absolute atomic E-state index is 13.0. The molecule has 0 spiro atoms. The highest BCUT2D eigenvalue weighted by Gasteiger charge is 2.17. The Balaban J connectivity index is 1.62. The smallest absolute Gasteiger partial charge is 0.235 e. The second-order valence-electron chi connectivity index (χ2n) is 6.35. The minimum Gasteiger partial charge on any atom is -0.309 e. The number of pyridine rings is 1. The number of anilines is 1. The van der Waals surface area contributed by atoms with Gasteiger partial charge in [0.15, 0.2) is 0 Å². The highest BCUT2D eigenvalue weighted by atomic mass is 32.2. The summed E-state index contributed by atoms with van der Waals surface area (Å²) in [6.07, 6.45) is 1.89. The lowest BCUT2D eigenvalue weighted by molar-refractivity contribution is -0.113. The van der Waals surface area contributed by atoms with Gasteiger partial charge in [-0.3, -0.25) is 9.20 Å². The van der Waals surface area contributed by atoms with E-state index < -0.39 is 0 Å². The summed E-state index contributed by atoms with van der Waals surface area (Å²) in [7, 11) is 0. The molecule has 0 unspecified atom stereocenters. The van der Waals surface area contributed by atoms with Crippen molar-refractivity contribution in [1.82, 2.24) is 9.38 Å². The SMILES string of the molecule is Cc1cccn2c(NC(=O)CSc3ccc(F)cc3)c(-c3ccccc3)nc12. The van der Waals surface area contributed by atoms with Crippen LogP contribution in [-0.2, 0) is 4.79 Å². The van der Waals surface area contributed by atoms with Gasteiger partial charge in [0.25, 0.3) is 0 Å². The average molecular weight is 391 g/mol. The Morgan fingerprint density at radius 2 is 1.82 bits per heavy atom. The van der Waals surface area contributed by atoms with Gasteiger partial charge in [0.1, 0.15) is 23.0 Å². The summed E-state index contributed by atoms with van der Waals surface area (Å²) in [5.41, 5.74) is 3.51. The summed E-state index contributed by atoms with van der Waals surface area (Å²) in [4.78, 5) is 18.2. The lowest BCUT2D eigenvalue weighted by atomic mass is 10.1. The van der Waals surface area contributed by atoms with E-state index in [0.29, 0.717) is 5.82 Å². The van der Waals surface area contributed by atoms with E-state index in [-0.39, 0.29) is 17.5 Å². The molecule has 6 heteroatoms. The number of fused-ring (bicyclic) bond motifs is 1. The van der Waals surface area contributed by atoms with Gasteiger partial charge in [0.2, 0.25) is 5.91 Å². The van der Waals surface area contributed by atoms with Crippen LogP contribution in [0.5, 0.6) is 0 Å². The Morgan fingerprint density at radius 3 is 2.57 bits per heavy atom. The first-order valence-corrected chi connectivity index (χ1v) is 9.82. The number of hydrogen-bond acceptors (Lipinski definition) is 3. The fourth-order valence-electron chi connectivity index (χ4n) is 2.97. The Bertz CT molecular complexity index is 1120. The van der Waals surface area contributed by atoms with E-state index in [0.717, 1.165) is 27.4 Å². The molecule has 0 atom stereocenters. The highest BCUT2D eigenvalue weighted by molar-refractivity contribution is 8.00. The predicted octanol–water partition coefficient (Wildman–Crippen LogP) is 5.18. The molecule has 140 valence electrons. The molecule has 1 amide bonds. The number of hydrogen-bond donors (Lipinski definition) is 1. The van der Waals surface area contributed by atoms with Gasteiger partial charge in [0, 0.05) is 16.7 Å². The number of nitrogens with zero attached hydrogens (tertiary/aromatic N) is 2. The van der Waals surface area contributed by atoms with E-state index in [1.54, 1.807) is 12.1 Å². The summed E-state index contributed by atoms with van der Waals surface area (Å²) in [6.45, 7) is 1.99. The first-order chi connectivity index (χ1) is 13.6. The zero-order chi connectivity index (χ0) is 19.5. The molecule has 2 aromatic carbocycles. The van der Waals surface area contributed by atoms with E-state index in [2.05, 4.69) is 5.32 Å². The van der Waals surface area contributed by atoms with Crippen molar-refractivity contribution in [3.8, 4) is 11.3 Å². The fourth-order valence-corrected chi connectivity index (χ4v) is 3.67. The van der Waals surface area contributed by atoms with Gasteiger partial charge >= 0.3 is 0 Å². The van der Waals surface area contributed by atoms with Crippen LogP contribution in [0.15, 0.2) is 77.8 Å². The number of imidazole rings is 1. The van der Waals surface area contributed by atoms with Crippen LogP contribution in [0.1, 0.15) is 5.56 Å². The third-order valence-corrected chi connectivity index (χ3v) is 5.35. The summed E-state index contributed by atoms with van der Waals surface area (Å²) in [5, 5.41) is 3.01. The van der Waals surface area contributed by atoms with Crippen LogP contribution < -0.4 is 5.32 Å². The standard InChI is InChI=1S/C22H18FN3OS/c1-15-6-5-13-26-21(15)25-20(16-7-3-2-4-8-16)22(26)24-19(27)14-28-18-11-9-17(23)10-12-18/h2-13H,14H2,1H3,(H,24,27). The monoisotopic (exact) mass is 391 g/mol. The number of benzene rings is 2. The van der Waals surface area contributed by atoms with Gasteiger partial charge in [-0.1, -0.05) is 36.4 Å². The first-order valence-electron chi connectivity index (χ1n) is 8.83. The van der Waals surface area contributed by atoms with Crippen LogP contribution in [-0.4, -0.2) is 21.0 Å². The normalized spacial score (nSPS) is 10.9. The van der Waals surface area contributed by atoms with Crippen molar-refractivity contribution in [2.45, 2.75) is 11.8 Å². The topological polar surface area (TPSA) is 46.4 Å². The van der Waals surface area contributed by atoms with Crippen LogP contribution in [0.25, 0.3) is 16.9 Å². The van der Waals surface area contributed by atoms with Gasteiger partial charge in [0.05, 0.1) is 5.75 Å². The molecule has 0 bridgehead atoms.